The molecular weight excluding hydrogens is 186 g/mol. The summed E-state index contributed by atoms with van der Waals surface area (Å²) in [7, 11) is 1.86. The number of carbonyl (C=O) groups is 1. The van der Waals surface area contributed by atoms with Crippen molar-refractivity contribution in [2.45, 2.75) is 13.8 Å². The first kappa shape index (κ1) is 10.7. The summed E-state index contributed by atoms with van der Waals surface area (Å²) in [5, 5.41) is 0. The number of hydrogen-bond acceptors (Lipinski definition) is 1. The van der Waals surface area contributed by atoms with Crippen molar-refractivity contribution in [3.8, 4) is 0 Å². The number of likely N-dealkylation sites (N-methyl/N-ethyl adjacent to an activating group) is 1. The molecule has 79 valence electrons. The summed E-state index contributed by atoms with van der Waals surface area (Å²) in [5.74, 6) is 0.159. The van der Waals surface area contributed by atoms with Crippen molar-refractivity contribution >= 4 is 5.91 Å². The fraction of sp³-hybridized carbons (Fsp3) is 0.385. The van der Waals surface area contributed by atoms with E-state index in [0.717, 1.165) is 17.7 Å². The van der Waals surface area contributed by atoms with E-state index in [2.05, 4.69) is 12.8 Å². The average molecular weight is 202 g/mol. The zero-order valence-electron chi connectivity index (χ0n) is 9.45. The van der Waals surface area contributed by atoms with Crippen LogP contribution in [0.1, 0.15) is 13.8 Å². The van der Waals surface area contributed by atoms with Crippen molar-refractivity contribution in [3.63, 3.8) is 0 Å². The van der Waals surface area contributed by atoms with Crippen LogP contribution in [0.5, 0.6) is 0 Å². The standard InChI is InChI=1S/C13H16NO/c1-10(2)11-12(15)14(3)9-13(11)7-5-4-6-8-13/h4-8H,9H2,1-3H3. The fourth-order valence-corrected chi connectivity index (χ4v) is 2.46. The van der Waals surface area contributed by atoms with E-state index in [4.69, 9.17) is 0 Å². The molecule has 1 heterocycles. The molecule has 0 aromatic rings. The first-order valence-electron chi connectivity index (χ1n) is 5.21. The second kappa shape index (κ2) is 3.66. The van der Waals surface area contributed by atoms with Crippen LogP contribution in [0.25, 0.3) is 0 Å². The molecular formula is C13H16NO. The Morgan fingerprint density at radius 2 is 1.87 bits per heavy atom. The summed E-state index contributed by atoms with van der Waals surface area (Å²) in [6, 6.07) is 0. The molecule has 0 aromatic heterocycles. The van der Waals surface area contributed by atoms with Crippen LogP contribution in [-0.2, 0) is 4.79 Å². The topological polar surface area (TPSA) is 20.3 Å². The summed E-state index contributed by atoms with van der Waals surface area (Å²) < 4.78 is 0. The maximum absolute atomic E-state index is 12.0. The number of rotatable bonds is 0. The molecule has 2 rings (SSSR count). The summed E-state index contributed by atoms with van der Waals surface area (Å²) in [5.41, 5.74) is 1.87. The van der Waals surface area contributed by atoms with Crippen molar-refractivity contribution < 1.29 is 4.79 Å². The molecule has 2 nitrogen and oxygen atoms in total. The Labute approximate surface area is 92.3 Å². The Hall–Kier alpha value is -0.790. The molecule has 1 spiro atoms. The highest BCUT2D eigenvalue weighted by molar-refractivity contribution is 5.99. The van der Waals surface area contributed by atoms with E-state index in [0.29, 0.717) is 0 Å². The van der Waals surface area contributed by atoms with Crippen LogP contribution in [-0.4, -0.2) is 24.4 Å². The molecule has 0 bridgehead atoms. The van der Waals surface area contributed by atoms with E-state index in [1.54, 1.807) is 4.90 Å². The van der Waals surface area contributed by atoms with Crippen molar-refractivity contribution in [2.75, 3.05) is 13.6 Å². The Morgan fingerprint density at radius 3 is 2.40 bits per heavy atom. The number of nitrogens with zero attached hydrogens (tertiary/aromatic N) is 1. The van der Waals surface area contributed by atoms with E-state index in [1.807, 2.05) is 40.2 Å². The normalized spacial score (nSPS) is 25.1. The average Bonchev–Trinajstić information content (AvgIpc) is 2.40. The minimum absolute atomic E-state index is 0.159. The van der Waals surface area contributed by atoms with Gasteiger partial charge < -0.3 is 4.90 Å². The van der Waals surface area contributed by atoms with E-state index in [1.165, 1.54) is 0 Å². The first-order chi connectivity index (χ1) is 7.07. The predicted molar refractivity (Wildman–Crippen MR) is 59.9 cm³/mol. The third kappa shape index (κ3) is 1.60. The lowest BCUT2D eigenvalue weighted by Crippen LogP contribution is -2.30. The highest BCUT2D eigenvalue weighted by Gasteiger charge is 2.47. The number of hydrogen-bond donors (Lipinski definition) is 0. The zero-order valence-corrected chi connectivity index (χ0v) is 9.45. The molecule has 0 atom stereocenters. The Balaban J connectivity index is 2.39. The van der Waals surface area contributed by atoms with E-state index in [-0.39, 0.29) is 11.3 Å². The molecule has 1 aliphatic heterocycles. The molecule has 15 heavy (non-hydrogen) atoms. The summed E-state index contributed by atoms with van der Waals surface area (Å²) in [6.07, 6.45) is 10.3. The van der Waals surface area contributed by atoms with Crippen LogP contribution in [0.15, 0.2) is 11.1 Å². The van der Waals surface area contributed by atoms with Crippen molar-refractivity contribution in [3.05, 3.63) is 43.3 Å². The van der Waals surface area contributed by atoms with Gasteiger partial charge in [-0.25, -0.2) is 0 Å². The third-order valence-corrected chi connectivity index (χ3v) is 3.03. The first-order valence-corrected chi connectivity index (χ1v) is 5.21. The smallest absolute Gasteiger partial charge is 0.250 e. The van der Waals surface area contributed by atoms with E-state index < -0.39 is 0 Å². The van der Waals surface area contributed by atoms with Crippen molar-refractivity contribution in [2.24, 2.45) is 5.41 Å². The third-order valence-electron chi connectivity index (χ3n) is 3.03. The molecule has 1 saturated heterocycles. The number of amides is 1. The van der Waals surface area contributed by atoms with Gasteiger partial charge in [-0.2, -0.15) is 0 Å². The van der Waals surface area contributed by atoms with Crippen LogP contribution in [0.2, 0.25) is 0 Å². The molecule has 2 fully saturated rings. The van der Waals surface area contributed by atoms with Crippen molar-refractivity contribution in [1.82, 2.24) is 4.90 Å². The van der Waals surface area contributed by atoms with Crippen LogP contribution < -0.4 is 0 Å². The molecule has 0 N–H and O–H groups in total. The number of likely N-dealkylation sites (tertiary alicyclic amines) is 1. The number of carbonyl (C=O) groups excluding carboxylic acids is 1. The molecule has 0 unspecified atom stereocenters. The Bertz CT molecular complexity index is 306. The van der Waals surface area contributed by atoms with Gasteiger partial charge in [-0.3, -0.25) is 4.79 Å². The van der Waals surface area contributed by atoms with E-state index in [9.17, 15) is 4.79 Å². The largest absolute Gasteiger partial charge is 0.341 e. The molecule has 1 amide bonds. The highest BCUT2D eigenvalue weighted by Crippen LogP contribution is 2.46. The van der Waals surface area contributed by atoms with Gasteiger partial charge in [-0.1, -0.05) is 5.57 Å². The molecule has 2 heteroatoms. The summed E-state index contributed by atoms with van der Waals surface area (Å²) in [4.78, 5) is 13.8. The lowest BCUT2D eigenvalue weighted by molar-refractivity contribution is -0.123. The highest BCUT2D eigenvalue weighted by atomic mass is 16.2. The minimum Gasteiger partial charge on any atom is -0.341 e. The maximum atomic E-state index is 12.0. The van der Waals surface area contributed by atoms with Gasteiger partial charge in [-0.05, 0) is 46.0 Å². The van der Waals surface area contributed by atoms with Gasteiger partial charge in [0.05, 0.1) is 0 Å². The van der Waals surface area contributed by atoms with Gasteiger partial charge in [0.2, 0.25) is 5.91 Å². The SMILES string of the molecule is CC(C)=C1C(=O)N(C)CC12[CH][CH][CH][CH][CH]2. The molecule has 2 aliphatic rings. The van der Waals surface area contributed by atoms with E-state index >= 15 is 0 Å². The van der Waals surface area contributed by atoms with Crippen LogP contribution in [0.3, 0.4) is 0 Å². The molecule has 5 radical (unpaired) electrons. The summed E-state index contributed by atoms with van der Waals surface area (Å²) in [6.45, 7) is 4.77. The van der Waals surface area contributed by atoms with Crippen LogP contribution in [0.4, 0.5) is 0 Å². The predicted octanol–water partition coefficient (Wildman–Crippen LogP) is 1.82. The Kier molecular flexibility index (Phi) is 2.61. The van der Waals surface area contributed by atoms with Gasteiger partial charge in [-0.15, -0.1) is 0 Å². The molecule has 0 aromatic carbocycles. The van der Waals surface area contributed by atoms with Gasteiger partial charge >= 0.3 is 0 Å². The fourth-order valence-electron chi connectivity index (χ4n) is 2.46. The second-order valence-electron chi connectivity index (χ2n) is 4.49. The van der Waals surface area contributed by atoms with Gasteiger partial charge in [0, 0.05) is 24.6 Å². The Morgan fingerprint density at radius 1 is 1.27 bits per heavy atom. The zero-order chi connectivity index (χ0) is 11.1. The van der Waals surface area contributed by atoms with Gasteiger partial charge in [0.25, 0.3) is 0 Å². The van der Waals surface area contributed by atoms with Crippen LogP contribution >= 0.6 is 0 Å². The second-order valence-corrected chi connectivity index (χ2v) is 4.49. The van der Waals surface area contributed by atoms with Crippen LogP contribution in [0, 0.1) is 37.5 Å². The quantitative estimate of drug-likeness (QED) is 0.549. The minimum atomic E-state index is -0.181. The maximum Gasteiger partial charge on any atom is 0.250 e. The monoisotopic (exact) mass is 202 g/mol. The molecule has 1 saturated carbocycles. The van der Waals surface area contributed by atoms with Gasteiger partial charge in [0.1, 0.15) is 0 Å². The lowest BCUT2D eigenvalue weighted by Gasteiger charge is -2.32. The van der Waals surface area contributed by atoms with Gasteiger partial charge in [0.15, 0.2) is 0 Å². The lowest BCUT2D eigenvalue weighted by atomic mass is 9.69. The van der Waals surface area contributed by atoms with Crippen molar-refractivity contribution in [1.29, 1.82) is 0 Å². The molecule has 1 aliphatic carbocycles. The summed E-state index contributed by atoms with van der Waals surface area (Å²) >= 11 is 0. The number of allylic oxidation sites excluding steroid dienone is 1.